The van der Waals surface area contributed by atoms with Crippen LogP contribution in [0, 0.1) is 5.92 Å². The van der Waals surface area contributed by atoms with Gasteiger partial charge in [0, 0.05) is 19.0 Å². The van der Waals surface area contributed by atoms with Gasteiger partial charge in [0.1, 0.15) is 0 Å². The van der Waals surface area contributed by atoms with E-state index < -0.39 is 11.1 Å². The lowest BCUT2D eigenvalue weighted by Crippen LogP contribution is -2.10. The highest BCUT2D eigenvalue weighted by atomic mass is 32.2. The van der Waals surface area contributed by atoms with Crippen molar-refractivity contribution >= 4 is 16.8 Å². The molecule has 2 unspecified atom stereocenters. The third-order valence-electron chi connectivity index (χ3n) is 1.54. The molecule has 0 radical (unpaired) electrons. The molecule has 12 heavy (non-hydrogen) atoms. The Labute approximate surface area is 76.9 Å². The van der Waals surface area contributed by atoms with E-state index in [9.17, 15) is 4.21 Å². The molecule has 0 aromatic carbocycles. The van der Waals surface area contributed by atoms with Crippen molar-refractivity contribution in [2.45, 2.75) is 20.3 Å². The highest BCUT2D eigenvalue weighted by Gasteiger charge is 2.04. The third-order valence-corrected chi connectivity index (χ3v) is 2.01. The Morgan fingerprint density at radius 2 is 2.25 bits per heavy atom. The van der Waals surface area contributed by atoms with Crippen LogP contribution >= 0.6 is 0 Å². The van der Waals surface area contributed by atoms with Crippen LogP contribution in [-0.2, 0) is 15.3 Å². The Morgan fingerprint density at radius 1 is 1.67 bits per heavy atom. The van der Waals surface area contributed by atoms with Crippen LogP contribution in [0.2, 0.25) is 0 Å². The fourth-order valence-corrected chi connectivity index (χ4v) is 1.29. The van der Waals surface area contributed by atoms with Crippen molar-refractivity contribution in [1.29, 1.82) is 0 Å². The molecular formula is C8H17NO2S. The van der Waals surface area contributed by atoms with Gasteiger partial charge in [-0.2, -0.15) is 0 Å². The summed E-state index contributed by atoms with van der Waals surface area (Å²) in [6.07, 6.45) is 2.45. The highest BCUT2D eigenvalue weighted by molar-refractivity contribution is 7.79. The van der Waals surface area contributed by atoms with Crippen LogP contribution in [0.1, 0.15) is 20.3 Å². The number of hydrogen-bond acceptors (Lipinski definition) is 3. The minimum Gasteiger partial charge on any atom is -0.298 e. The van der Waals surface area contributed by atoms with E-state index in [1.54, 1.807) is 7.05 Å². The Hall–Kier alpha value is -0.220. The molecule has 0 N–H and O–H groups in total. The van der Waals surface area contributed by atoms with Gasteiger partial charge in [-0.15, -0.1) is 0 Å². The Morgan fingerprint density at radius 3 is 2.67 bits per heavy atom. The standard InChI is InChI=1S/C8H17NO2S/c1-7(5-8(2)9-3)6-11-12(4)10/h7H,5-6H2,1-4H3. The Bertz CT molecular complexity index is 180. The maximum Gasteiger partial charge on any atom is 0.152 e. The van der Waals surface area contributed by atoms with Crippen molar-refractivity contribution in [2.24, 2.45) is 10.9 Å². The van der Waals surface area contributed by atoms with Gasteiger partial charge in [0.2, 0.25) is 0 Å². The molecule has 4 heteroatoms. The minimum atomic E-state index is -1.14. The molecule has 2 atom stereocenters. The molecule has 72 valence electrons. The molecular weight excluding hydrogens is 174 g/mol. The first-order chi connectivity index (χ1) is 5.56. The van der Waals surface area contributed by atoms with Crippen molar-refractivity contribution < 1.29 is 8.39 Å². The van der Waals surface area contributed by atoms with Gasteiger partial charge in [0.05, 0.1) is 6.61 Å². The number of aliphatic imine (C=N–C) groups is 1. The number of rotatable bonds is 5. The molecule has 0 heterocycles. The molecule has 0 saturated heterocycles. The van der Waals surface area contributed by atoms with E-state index in [1.165, 1.54) is 6.26 Å². The fourth-order valence-electron chi connectivity index (χ4n) is 0.866. The molecule has 0 bridgehead atoms. The second-order valence-corrected chi connectivity index (χ2v) is 3.99. The van der Waals surface area contributed by atoms with E-state index in [0.717, 1.165) is 12.1 Å². The summed E-state index contributed by atoms with van der Waals surface area (Å²) >= 11 is -1.14. The average Bonchev–Trinajstić information content (AvgIpc) is 2.00. The SMILES string of the molecule is CN=C(C)CC(C)COS(C)=O. The molecule has 0 spiro atoms. The predicted molar refractivity (Wildman–Crippen MR) is 52.8 cm³/mol. The first-order valence-corrected chi connectivity index (χ1v) is 5.43. The second kappa shape index (κ2) is 6.31. The summed E-state index contributed by atoms with van der Waals surface area (Å²) in [5, 5.41) is 0. The molecule has 0 fully saturated rings. The van der Waals surface area contributed by atoms with E-state index in [1.807, 2.05) is 6.92 Å². The van der Waals surface area contributed by atoms with E-state index >= 15 is 0 Å². The molecule has 0 aromatic heterocycles. The number of nitrogens with zero attached hydrogens (tertiary/aromatic N) is 1. The summed E-state index contributed by atoms with van der Waals surface area (Å²) in [6.45, 7) is 4.58. The maximum atomic E-state index is 10.6. The first kappa shape index (κ1) is 11.8. The van der Waals surface area contributed by atoms with E-state index in [2.05, 4.69) is 11.9 Å². The van der Waals surface area contributed by atoms with Crippen molar-refractivity contribution in [1.82, 2.24) is 0 Å². The van der Waals surface area contributed by atoms with Crippen LogP contribution in [0.3, 0.4) is 0 Å². The molecule has 3 nitrogen and oxygen atoms in total. The second-order valence-electron chi connectivity index (χ2n) is 2.95. The van der Waals surface area contributed by atoms with E-state index in [0.29, 0.717) is 12.5 Å². The molecule has 0 saturated carbocycles. The minimum absolute atomic E-state index is 0.387. The smallest absolute Gasteiger partial charge is 0.152 e. The van der Waals surface area contributed by atoms with Crippen LogP contribution in [0.15, 0.2) is 4.99 Å². The van der Waals surface area contributed by atoms with Gasteiger partial charge in [-0.1, -0.05) is 6.92 Å². The van der Waals surface area contributed by atoms with Gasteiger partial charge in [-0.25, -0.2) is 4.21 Å². The predicted octanol–water partition coefficient (Wildman–Crippen LogP) is 1.41. The fraction of sp³-hybridized carbons (Fsp3) is 0.875. The van der Waals surface area contributed by atoms with Crippen LogP contribution in [-0.4, -0.2) is 29.8 Å². The molecule has 0 rings (SSSR count). The maximum absolute atomic E-state index is 10.6. The lowest BCUT2D eigenvalue weighted by molar-refractivity contribution is 0.290. The van der Waals surface area contributed by atoms with E-state index in [4.69, 9.17) is 4.18 Å². The van der Waals surface area contributed by atoms with Gasteiger partial charge < -0.3 is 0 Å². The summed E-state index contributed by atoms with van der Waals surface area (Å²) in [5.41, 5.74) is 1.10. The first-order valence-electron chi connectivity index (χ1n) is 3.95. The van der Waals surface area contributed by atoms with Crippen molar-refractivity contribution in [3.63, 3.8) is 0 Å². The molecule has 0 aliphatic rings. The zero-order valence-corrected chi connectivity index (χ0v) is 8.98. The van der Waals surface area contributed by atoms with Gasteiger partial charge >= 0.3 is 0 Å². The number of hydrogen-bond donors (Lipinski definition) is 0. The quantitative estimate of drug-likeness (QED) is 0.616. The summed E-state index contributed by atoms with van der Waals surface area (Å²) in [4.78, 5) is 4.04. The summed E-state index contributed by atoms with van der Waals surface area (Å²) in [6, 6.07) is 0. The van der Waals surface area contributed by atoms with Gasteiger partial charge in [0.25, 0.3) is 0 Å². The Balaban J connectivity index is 3.59. The van der Waals surface area contributed by atoms with Gasteiger partial charge in [-0.3, -0.25) is 9.18 Å². The molecule has 0 aliphatic carbocycles. The lowest BCUT2D eigenvalue weighted by Gasteiger charge is -2.09. The molecule has 0 amide bonds. The Kier molecular flexibility index (Phi) is 6.20. The van der Waals surface area contributed by atoms with Crippen molar-refractivity contribution in [3.8, 4) is 0 Å². The summed E-state index contributed by atoms with van der Waals surface area (Å²) in [7, 11) is 1.78. The van der Waals surface area contributed by atoms with Crippen LogP contribution in [0.25, 0.3) is 0 Å². The van der Waals surface area contributed by atoms with Crippen LogP contribution in [0.5, 0.6) is 0 Å². The van der Waals surface area contributed by atoms with Crippen LogP contribution in [0.4, 0.5) is 0 Å². The largest absolute Gasteiger partial charge is 0.298 e. The monoisotopic (exact) mass is 191 g/mol. The zero-order valence-electron chi connectivity index (χ0n) is 8.16. The third kappa shape index (κ3) is 6.49. The van der Waals surface area contributed by atoms with Crippen molar-refractivity contribution in [3.05, 3.63) is 0 Å². The summed E-state index contributed by atoms with van der Waals surface area (Å²) < 4.78 is 15.5. The lowest BCUT2D eigenvalue weighted by atomic mass is 10.1. The molecule has 0 aliphatic heterocycles. The van der Waals surface area contributed by atoms with E-state index in [-0.39, 0.29) is 0 Å². The topological polar surface area (TPSA) is 38.7 Å². The molecule has 0 aromatic rings. The van der Waals surface area contributed by atoms with Crippen LogP contribution < -0.4 is 0 Å². The average molecular weight is 191 g/mol. The van der Waals surface area contributed by atoms with Gasteiger partial charge in [-0.05, 0) is 19.3 Å². The van der Waals surface area contributed by atoms with Gasteiger partial charge in [0.15, 0.2) is 11.1 Å². The normalized spacial score (nSPS) is 17.5. The summed E-state index contributed by atoms with van der Waals surface area (Å²) in [5.74, 6) is 0.387. The highest BCUT2D eigenvalue weighted by Crippen LogP contribution is 2.04. The zero-order chi connectivity index (χ0) is 9.56. The van der Waals surface area contributed by atoms with Crippen molar-refractivity contribution in [2.75, 3.05) is 19.9 Å².